The fourth-order valence-electron chi connectivity index (χ4n) is 3.97. The number of aryl methyl sites for hydroxylation is 1. The molecular formula is C17H25BrFN. The van der Waals surface area contributed by atoms with Gasteiger partial charge >= 0.3 is 0 Å². The van der Waals surface area contributed by atoms with Crippen molar-refractivity contribution in [3.63, 3.8) is 0 Å². The standard InChI is InChI=1S/C17H25BrFN/c1-11-6-13(18)14(19)7-15(11)20-12-8-16(2,3)10-17(4,5)9-12/h6-7,12,20H,8-10H2,1-5H3. The molecule has 0 unspecified atom stereocenters. The van der Waals surface area contributed by atoms with Gasteiger partial charge in [-0.3, -0.25) is 0 Å². The Bertz CT molecular complexity index is 492. The zero-order valence-electron chi connectivity index (χ0n) is 13.1. The Hall–Kier alpha value is -0.570. The lowest BCUT2D eigenvalue weighted by Crippen LogP contribution is -2.40. The van der Waals surface area contributed by atoms with Crippen LogP contribution in [0.4, 0.5) is 10.1 Å². The first-order valence-electron chi connectivity index (χ1n) is 7.30. The van der Waals surface area contributed by atoms with E-state index in [-0.39, 0.29) is 5.82 Å². The van der Waals surface area contributed by atoms with Crippen LogP contribution in [0.3, 0.4) is 0 Å². The Morgan fingerprint density at radius 2 is 1.70 bits per heavy atom. The van der Waals surface area contributed by atoms with Gasteiger partial charge in [0.25, 0.3) is 0 Å². The van der Waals surface area contributed by atoms with Crippen LogP contribution in [-0.2, 0) is 0 Å². The molecule has 0 atom stereocenters. The number of hydrogen-bond acceptors (Lipinski definition) is 1. The molecule has 20 heavy (non-hydrogen) atoms. The molecule has 0 aliphatic heterocycles. The van der Waals surface area contributed by atoms with Gasteiger partial charge in [-0.25, -0.2) is 4.39 Å². The van der Waals surface area contributed by atoms with Crippen LogP contribution in [0.1, 0.15) is 52.5 Å². The van der Waals surface area contributed by atoms with Gasteiger partial charge in [-0.2, -0.15) is 0 Å². The fraction of sp³-hybridized carbons (Fsp3) is 0.647. The Morgan fingerprint density at radius 3 is 2.25 bits per heavy atom. The van der Waals surface area contributed by atoms with Crippen molar-refractivity contribution in [2.24, 2.45) is 10.8 Å². The number of rotatable bonds is 2. The number of hydrogen-bond donors (Lipinski definition) is 1. The highest BCUT2D eigenvalue weighted by molar-refractivity contribution is 9.10. The van der Waals surface area contributed by atoms with Gasteiger partial charge in [-0.05, 0) is 70.6 Å². The molecule has 1 aliphatic carbocycles. The molecule has 1 aromatic carbocycles. The minimum Gasteiger partial charge on any atom is -0.382 e. The van der Waals surface area contributed by atoms with Crippen LogP contribution in [0.15, 0.2) is 16.6 Å². The van der Waals surface area contributed by atoms with Gasteiger partial charge in [0, 0.05) is 11.7 Å². The molecule has 0 amide bonds. The molecule has 112 valence electrons. The summed E-state index contributed by atoms with van der Waals surface area (Å²) >= 11 is 3.24. The van der Waals surface area contributed by atoms with E-state index in [0.29, 0.717) is 21.3 Å². The largest absolute Gasteiger partial charge is 0.382 e. The van der Waals surface area contributed by atoms with Crippen LogP contribution >= 0.6 is 15.9 Å². The molecule has 0 spiro atoms. The Balaban J connectivity index is 2.19. The molecule has 1 nitrogen and oxygen atoms in total. The van der Waals surface area contributed by atoms with Crippen molar-refractivity contribution in [3.05, 3.63) is 28.0 Å². The van der Waals surface area contributed by atoms with Gasteiger partial charge in [-0.1, -0.05) is 27.7 Å². The van der Waals surface area contributed by atoms with Gasteiger partial charge < -0.3 is 5.32 Å². The number of benzene rings is 1. The van der Waals surface area contributed by atoms with Gasteiger partial charge in [0.2, 0.25) is 0 Å². The first-order valence-corrected chi connectivity index (χ1v) is 8.10. The van der Waals surface area contributed by atoms with E-state index in [1.54, 1.807) is 6.07 Å². The van der Waals surface area contributed by atoms with E-state index in [0.717, 1.165) is 24.1 Å². The van der Waals surface area contributed by atoms with Crippen molar-refractivity contribution >= 4 is 21.6 Å². The summed E-state index contributed by atoms with van der Waals surface area (Å²) in [5.74, 6) is -0.201. The Morgan fingerprint density at radius 1 is 1.15 bits per heavy atom. The predicted molar refractivity (Wildman–Crippen MR) is 87.7 cm³/mol. The van der Waals surface area contributed by atoms with Crippen molar-refractivity contribution in [3.8, 4) is 0 Å². The summed E-state index contributed by atoms with van der Waals surface area (Å²) in [6, 6.07) is 3.86. The van der Waals surface area contributed by atoms with Crippen molar-refractivity contribution in [2.45, 2.75) is 59.9 Å². The molecule has 0 heterocycles. The van der Waals surface area contributed by atoms with Crippen molar-refractivity contribution < 1.29 is 4.39 Å². The maximum atomic E-state index is 13.7. The topological polar surface area (TPSA) is 12.0 Å². The lowest BCUT2D eigenvalue weighted by Gasteiger charge is -2.45. The summed E-state index contributed by atoms with van der Waals surface area (Å²) in [5.41, 5.74) is 2.67. The SMILES string of the molecule is Cc1cc(Br)c(F)cc1NC1CC(C)(C)CC(C)(C)C1. The third kappa shape index (κ3) is 3.75. The summed E-state index contributed by atoms with van der Waals surface area (Å²) in [5, 5.41) is 3.57. The second-order valence-electron chi connectivity index (χ2n) is 7.84. The highest BCUT2D eigenvalue weighted by atomic mass is 79.9. The minimum atomic E-state index is -0.201. The second kappa shape index (κ2) is 5.32. The van der Waals surface area contributed by atoms with Crippen LogP contribution in [0, 0.1) is 23.6 Å². The highest BCUT2D eigenvalue weighted by Crippen LogP contribution is 2.46. The number of halogens is 2. The normalized spacial score (nSPS) is 21.8. The van der Waals surface area contributed by atoms with Gasteiger partial charge in [0.15, 0.2) is 0 Å². The Kier molecular flexibility index (Phi) is 4.21. The third-order valence-electron chi connectivity index (χ3n) is 4.18. The average molecular weight is 342 g/mol. The Labute approximate surface area is 130 Å². The molecular weight excluding hydrogens is 317 g/mol. The summed E-state index contributed by atoms with van der Waals surface area (Å²) in [4.78, 5) is 0. The second-order valence-corrected chi connectivity index (χ2v) is 8.69. The van der Waals surface area contributed by atoms with Gasteiger partial charge in [0.1, 0.15) is 5.82 Å². The molecule has 1 fully saturated rings. The van der Waals surface area contributed by atoms with E-state index in [2.05, 4.69) is 48.9 Å². The summed E-state index contributed by atoms with van der Waals surface area (Å²) in [6.45, 7) is 11.3. The average Bonchev–Trinajstić information content (AvgIpc) is 2.21. The summed E-state index contributed by atoms with van der Waals surface area (Å²) in [7, 11) is 0. The molecule has 3 heteroatoms. The molecule has 0 saturated heterocycles. The molecule has 2 rings (SSSR count). The van der Waals surface area contributed by atoms with Crippen LogP contribution in [0.2, 0.25) is 0 Å². The van der Waals surface area contributed by atoms with Crippen LogP contribution < -0.4 is 5.32 Å². The van der Waals surface area contributed by atoms with Crippen molar-refractivity contribution in [1.29, 1.82) is 0 Å². The monoisotopic (exact) mass is 341 g/mol. The summed E-state index contributed by atoms with van der Waals surface area (Å²) in [6.07, 6.45) is 3.51. The van der Waals surface area contributed by atoms with E-state index < -0.39 is 0 Å². The predicted octanol–water partition coefficient (Wildman–Crippen LogP) is 5.91. The van der Waals surface area contributed by atoms with Crippen molar-refractivity contribution in [2.75, 3.05) is 5.32 Å². The maximum Gasteiger partial charge on any atom is 0.139 e. The van der Waals surface area contributed by atoms with E-state index in [1.807, 2.05) is 13.0 Å². The van der Waals surface area contributed by atoms with E-state index in [9.17, 15) is 4.39 Å². The van der Waals surface area contributed by atoms with Gasteiger partial charge in [0.05, 0.1) is 4.47 Å². The van der Waals surface area contributed by atoms with Crippen LogP contribution in [0.25, 0.3) is 0 Å². The van der Waals surface area contributed by atoms with E-state index >= 15 is 0 Å². The number of anilines is 1. The van der Waals surface area contributed by atoms with E-state index in [1.165, 1.54) is 6.42 Å². The lowest BCUT2D eigenvalue weighted by atomic mass is 9.63. The van der Waals surface area contributed by atoms with Crippen molar-refractivity contribution in [1.82, 2.24) is 0 Å². The first-order chi connectivity index (χ1) is 9.08. The molecule has 0 bridgehead atoms. The quantitative estimate of drug-likeness (QED) is 0.704. The molecule has 0 radical (unpaired) electrons. The summed E-state index contributed by atoms with van der Waals surface area (Å²) < 4.78 is 14.3. The molecule has 1 N–H and O–H groups in total. The van der Waals surface area contributed by atoms with Gasteiger partial charge in [-0.15, -0.1) is 0 Å². The minimum absolute atomic E-state index is 0.201. The smallest absolute Gasteiger partial charge is 0.139 e. The lowest BCUT2D eigenvalue weighted by molar-refractivity contribution is 0.105. The molecule has 1 aliphatic rings. The zero-order valence-corrected chi connectivity index (χ0v) is 14.7. The van der Waals surface area contributed by atoms with Crippen LogP contribution in [-0.4, -0.2) is 6.04 Å². The molecule has 0 aromatic heterocycles. The highest BCUT2D eigenvalue weighted by Gasteiger charge is 2.38. The maximum absolute atomic E-state index is 13.7. The van der Waals surface area contributed by atoms with E-state index in [4.69, 9.17) is 0 Å². The molecule has 1 saturated carbocycles. The zero-order chi connectivity index (χ0) is 15.1. The molecule has 1 aromatic rings. The number of nitrogens with one attached hydrogen (secondary N) is 1. The first kappa shape index (κ1) is 15.8. The fourth-order valence-corrected chi connectivity index (χ4v) is 4.43. The third-order valence-corrected chi connectivity index (χ3v) is 4.79. The van der Waals surface area contributed by atoms with Crippen LogP contribution in [0.5, 0.6) is 0 Å².